The lowest BCUT2D eigenvalue weighted by Gasteiger charge is -2.10. The van der Waals surface area contributed by atoms with Gasteiger partial charge in [0, 0.05) is 13.1 Å². The SMILES string of the molecule is CN(C)CCOCCNC(=O)Cc1cccc(O)c1. The van der Waals surface area contributed by atoms with Crippen LogP contribution in [-0.2, 0) is 16.0 Å². The largest absolute Gasteiger partial charge is 0.508 e. The third-order valence-electron chi connectivity index (χ3n) is 2.53. The number of carbonyl (C=O) groups excluding carboxylic acids is 1. The average molecular weight is 266 g/mol. The van der Waals surface area contributed by atoms with Crippen molar-refractivity contribution in [1.82, 2.24) is 10.2 Å². The molecule has 5 heteroatoms. The molecule has 5 nitrogen and oxygen atoms in total. The van der Waals surface area contributed by atoms with Gasteiger partial charge < -0.3 is 20.1 Å². The maximum Gasteiger partial charge on any atom is 0.224 e. The number of aromatic hydroxyl groups is 1. The Morgan fingerprint density at radius 2 is 2.16 bits per heavy atom. The zero-order valence-corrected chi connectivity index (χ0v) is 11.6. The number of hydrogen-bond acceptors (Lipinski definition) is 4. The van der Waals surface area contributed by atoms with Crippen molar-refractivity contribution in [2.24, 2.45) is 0 Å². The molecule has 0 bridgehead atoms. The summed E-state index contributed by atoms with van der Waals surface area (Å²) >= 11 is 0. The molecule has 1 aromatic carbocycles. The first-order chi connectivity index (χ1) is 9.08. The van der Waals surface area contributed by atoms with Crippen LogP contribution in [0.15, 0.2) is 24.3 Å². The van der Waals surface area contributed by atoms with Gasteiger partial charge >= 0.3 is 0 Å². The summed E-state index contributed by atoms with van der Waals surface area (Å²) in [5.74, 6) is 0.110. The van der Waals surface area contributed by atoms with Crippen molar-refractivity contribution in [2.75, 3.05) is 40.4 Å². The second-order valence-electron chi connectivity index (χ2n) is 4.61. The van der Waals surface area contributed by atoms with Crippen molar-refractivity contribution < 1.29 is 14.6 Å². The van der Waals surface area contributed by atoms with E-state index in [1.165, 1.54) is 0 Å². The number of benzene rings is 1. The van der Waals surface area contributed by atoms with E-state index in [1.54, 1.807) is 18.2 Å². The van der Waals surface area contributed by atoms with Gasteiger partial charge in [0.25, 0.3) is 0 Å². The summed E-state index contributed by atoms with van der Waals surface area (Å²) in [6.07, 6.45) is 0.270. The van der Waals surface area contributed by atoms with Gasteiger partial charge in [-0.3, -0.25) is 4.79 Å². The highest BCUT2D eigenvalue weighted by Crippen LogP contribution is 2.10. The summed E-state index contributed by atoms with van der Waals surface area (Å²) in [5, 5.41) is 12.1. The molecule has 0 aromatic heterocycles. The standard InChI is InChI=1S/C14H22N2O3/c1-16(2)7-9-19-8-6-15-14(18)11-12-4-3-5-13(17)10-12/h3-5,10,17H,6-9,11H2,1-2H3,(H,15,18). The average Bonchev–Trinajstić information content (AvgIpc) is 2.33. The van der Waals surface area contributed by atoms with E-state index in [4.69, 9.17) is 4.74 Å². The summed E-state index contributed by atoms with van der Waals surface area (Å²) in [6, 6.07) is 6.71. The van der Waals surface area contributed by atoms with Gasteiger partial charge in [-0.2, -0.15) is 0 Å². The fraction of sp³-hybridized carbons (Fsp3) is 0.500. The van der Waals surface area contributed by atoms with Gasteiger partial charge in [-0.1, -0.05) is 12.1 Å². The van der Waals surface area contributed by atoms with Crippen molar-refractivity contribution in [1.29, 1.82) is 0 Å². The van der Waals surface area contributed by atoms with Crippen LogP contribution in [0.1, 0.15) is 5.56 Å². The smallest absolute Gasteiger partial charge is 0.224 e. The van der Waals surface area contributed by atoms with Crippen LogP contribution in [-0.4, -0.2) is 56.3 Å². The molecule has 0 fully saturated rings. The van der Waals surface area contributed by atoms with Crippen LogP contribution in [0, 0.1) is 0 Å². The Morgan fingerprint density at radius 3 is 2.84 bits per heavy atom. The van der Waals surface area contributed by atoms with Crippen LogP contribution in [0.25, 0.3) is 0 Å². The topological polar surface area (TPSA) is 61.8 Å². The molecule has 1 aromatic rings. The highest BCUT2D eigenvalue weighted by atomic mass is 16.5. The van der Waals surface area contributed by atoms with Gasteiger partial charge in [0.15, 0.2) is 0 Å². The number of rotatable bonds is 8. The second-order valence-corrected chi connectivity index (χ2v) is 4.61. The minimum absolute atomic E-state index is 0.0678. The van der Waals surface area contributed by atoms with E-state index < -0.39 is 0 Å². The molecule has 0 heterocycles. The Balaban J connectivity index is 2.11. The number of carbonyl (C=O) groups is 1. The van der Waals surface area contributed by atoms with Gasteiger partial charge in [-0.15, -0.1) is 0 Å². The van der Waals surface area contributed by atoms with Crippen molar-refractivity contribution >= 4 is 5.91 Å². The van der Waals surface area contributed by atoms with Gasteiger partial charge in [0.1, 0.15) is 5.75 Å². The molecule has 0 spiro atoms. The molecular formula is C14H22N2O3. The van der Waals surface area contributed by atoms with Gasteiger partial charge in [0.2, 0.25) is 5.91 Å². The molecule has 0 aliphatic rings. The first-order valence-electron chi connectivity index (χ1n) is 6.35. The molecule has 0 aliphatic heterocycles. The van der Waals surface area contributed by atoms with Crippen molar-refractivity contribution in [3.8, 4) is 5.75 Å². The van der Waals surface area contributed by atoms with Gasteiger partial charge in [-0.25, -0.2) is 0 Å². The predicted octanol–water partition coefficient (Wildman–Crippen LogP) is 0.629. The normalized spacial score (nSPS) is 10.7. The van der Waals surface area contributed by atoms with Crippen LogP contribution in [0.3, 0.4) is 0 Å². The molecule has 0 saturated carbocycles. The number of ether oxygens (including phenoxy) is 1. The van der Waals surface area contributed by atoms with Gasteiger partial charge in [0.05, 0.1) is 19.6 Å². The summed E-state index contributed by atoms with van der Waals surface area (Å²) in [5.41, 5.74) is 0.797. The van der Waals surface area contributed by atoms with E-state index in [9.17, 15) is 9.90 Å². The van der Waals surface area contributed by atoms with Crippen LogP contribution >= 0.6 is 0 Å². The quantitative estimate of drug-likeness (QED) is 0.678. The molecule has 1 rings (SSSR count). The number of nitrogens with zero attached hydrogens (tertiary/aromatic N) is 1. The molecule has 106 valence electrons. The van der Waals surface area contributed by atoms with Crippen molar-refractivity contribution in [3.05, 3.63) is 29.8 Å². The van der Waals surface area contributed by atoms with E-state index in [1.807, 2.05) is 25.1 Å². The number of amides is 1. The Bertz CT molecular complexity index is 394. The summed E-state index contributed by atoms with van der Waals surface area (Å²) in [7, 11) is 3.97. The molecule has 0 radical (unpaired) electrons. The maximum atomic E-state index is 11.6. The zero-order chi connectivity index (χ0) is 14.1. The van der Waals surface area contributed by atoms with Gasteiger partial charge in [-0.05, 0) is 31.8 Å². The third-order valence-corrected chi connectivity index (χ3v) is 2.53. The number of hydrogen-bond donors (Lipinski definition) is 2. The van der Waals surface area contributed by atoms with Crippen LogP contribution in [0.5, 0.6) is 5.75 Å². The summed E-state index contributed by atoms with van der Waals surface area (Å²) in [6.45, 7) is 2.55. The lowest BCUT2D eigenvalue weighted by molar-refractivity contribution is -0.120. The fourth-order valence-corrected chi connectivity index (χ4v) is 1.53. The molecule has 2 N–H and O–H groups in total. The van der Waals surface area contributed by atoms with E-state index in [-0.39, 0.29) is 18.1 Å². The summed E-state index contributed by atoms with van der Waals surface area (Å²) < 4.78 is 5.37. The predicted molar refractivity (Wildman–Crippen MR) is 74.2 cm³/mol. The zero-order valence-electron chi connectivity index (χ0n) is 11.6. The minimum atomic E-state index is -0.0678. The third kappa shape index (κ3) is 7.43. The minimum Gasteiger partial charge on any atom is -0.508 e. The highest BCUT2D eigenvalue weighted by Gasteiger charge is 2.03. The monoisotopic (exact) mass is 266 g/mol. The molecule has 0 saturated heterocycles. The fourth-order valence-electron chi connectivity index (χ4n) is 1.53. The number of nitrogens with one attached hydrogen (secondary N) is 1. The van der Waals surface area contributed by atoms with Crippen LogP contribution in [0.2, 0.25) is 0 Å². The number of phenols is 1. The van der Waals surface area contributed by atoms with E-state index in [0.29, 0.717) is 19.8 Å². The molecular weight excluding hydrogens is 244 g/mol. The highest BCUT2D eigenvalue weighted by molar-refractivity contribution is 5.78. The molecule has 19 heavy (non-hydrogen) atoms. The lowest BCUT2D eigenvalue weighted by Crippen LogP contribution is -2.29. The molecule has 0 aliphatic carbocycles. The second kappa shape index (κ2) is 8.50. The van der Waals surface area contributed by atoms with Crippen LogP contribution < -0.4 is 5.32 Å². The molecule has 0 unspecified atom stereocenters. The van der Waals surface area contributed by atoms with E-state index in [2.05, 4.69) is 5.32 Å². The first kappa shape index (κ1) is 15.5. The van der Waals surface area contributed by atoms with Crippen molar-refractivity contribution in [2.45, 2.75) is 6.42 Å². The lowest BCUT2D eigenvalue weighted by atomic mass is 10.1. The Kier molecular flexibility index (Phi) is 6.92. The molecule has 1 amide bonds. The van der Waals surface area contributed by atoms with Crippen LogP contribution in [0.4, 0.5) is 0 Å². The van der Waals surface area contributed by atoms with E-state index >= 15 is 0 Å². The Hall–Kier alpha value is -1.59. The Morgan fingerprint density at radius 1 is 1.37 bits per heavy atom. The Labute approximate surface area is 114 Å². The summed E-state index contributed by atoms with van der Waals surface area (Å²) in [4.78, 5) is 13.7. The maximum absolute atomic E-state index is 11.6. The number of phenolic OH excluding ortho intramolecular Hbond substituents is 1. The van der Waals surface area contributed by atoms with E-state index in [0.717, 1.165) is 12.1 Å². The molecule has 0 atom stereocenters. The van der Waals surface area contributed by atoms with Crippen molar-refractivity contribution in [3.63, 3.8) is 0 Å². The first-order valence-corrected chi connectivity index (χ1v) is 6.35. The number of likely N-dealkylation sites (N-methyl/N-ethyl adjacent to an activating group) is 1.